The predicted molar refractivity (Wildman–Crippen MR) is 57.9 cm³/mol. The van der Waals surface area contributed by atoms with Crippen molar-refractivity contribution in [3.63, 3.8) is 0 Å². The minimum atomic E-state index is -3.96. The summed E-state index contributed by atoms with van der Waals surface area (Å²) >= 11 is 0. The highest BCUT2D eigenvalue weighted by Gasteiger charge is 2.22. The van der Waals surface area contributed by atoms with E-state index in [0.29, 0.717) is 0 Å². The lowest BCUT2D eigenvalue weighted by atomic mass is 10.2. The topological polar surface area (TPSA) is 52.6 Å². The van der Waals surface area contributed by atoms with Crippen molar-refractivity contribution in [3.8, 4) is 11.5 Å². The summed E-state index contributed by atoms with van der Waals surface area (Å²) in [5.41, 5.74) is -0.324. The second-order valence-electron chi connectivity index (χ2n) is 3.08. The minimum absolute atomic E-state index is 0.321. The standard InChI is InChI=1S/C9H9ClF2O4S/c1-15-6-3-5(4-17(10,13)14)7(11)9(16-2)8(6)12/h3H,4H2,1-2H3. The Hall–Kier alpha value is -1.08. The number of hydrogen-bond donors (Lipinski definition) is 0. The Balaban J connectivity index is 3.41. The van der Waals surface area contributed by atoms with Crippen LogP contribution in [0.2, 0.25) is 0 Å². The van der Waals surface area contributed by atoms with Gasteiger partial charge >= 0.3 is 0 Å². The van der Waals surface area contributed by atoms with Gasteiger partial charge in [0.05, 0.1) is 20.0 Å². The molecular weight excluding hydrogens is 278 g/mol. The van der Waals surface area contributed by atoms with Gasteiger partial charge < -0.3 is 9.47 Å². The van der Waals surface area contributed by atoms with Crippen molar-refractivity contribution in [3.05, 3.63) is 23.3 Å². The fourth-order valence-electron chi connectivity index (χ4n) is 1.26. The molecule has 1 aromatic rings. The molecule has 0 heterocycles. The molecule has 0 atom stereocenters. The van der Waals surface area contributed by atoms with Gasteiger partial charge in [0.1, 0.15) is 0 Å². The molecule has 0 amide bonds. The van der Waals surface area contributed by atoms with Gasteiger partial charge in [0.25, 0.3) is 0 Å². The summed E-state index contributed by atoms with van der Waals surface area (Å²) in [5, 5.41) is 0. The SMILES string of the molecule is COc1cc(CS(=O)(=O)Cl)c(F)c(OC)c1F. The third-order valence-corrected chi connectivity index (χ3v) is 2.94. The smallest absolute Gasteiger partial charge is 0.236 e. The molecule has 0 N–H and O–H groups in total. The summed E-state index contributed by atoms with van der Waals surface area (Å²) in [4.78, 5) is 0. The number of ether oxygens (including phenoxy) is 2. The Morgan fingerprint density at radius 1 is 1.24 bits per heavy atom. The van der Waals surface area contributed by atoms with Gasteiger partial charge in [-0.2, -0.15) is 4.39 Å². The lowest BCUT2D eigenvalue weighted by Gasteiger charge is -2.11. The van der Waals surface area contributed by atoms with Crippen molar-refractivity contribution in [1.29, 1.82) is 0 Å². The molecule has 17 heavy (non-hydrogen) atoms. The molecule has 4 nitrogen and oxygen atoms in total. The molecule has 0 saturated carbocycles. The van der Waals surface area contributed by atoms with Crippen molar-refractivity contribution >= 4 is 19.7 Å². The maximum Gasteiger partial charge on any atom is 0.236 e. The molecule has 8 heteroatoms. The van der Waals surface area contributed by atoms with Crippen LogP contribution in [-0.2, 0) is 14.8 Å². The Bertz CT molecular complexity index is 530. The molecular formula is C9H9ClF2O4S. The zero-order valence-electron chi connectivity index (χ0n) is 8.96. The number of halogens is 3. The lowest BCUT2D eigenvalue weighted by Crippen LogP contribution is -2.04. The first-order valence-corrected chi connectivity index (χ1v) is 6.79. The Kier molecular flexibility index (Phi) is 4.16. The van der Waals surface area contributed by atoms with Crippen LogP contribution in [0, 0.1) is 11.6 Å². The molecule has 0 aliphatic carbocycles. The zero-order chi connectivity index (χ0) is 13.2. The van der Waals surface area contributed by atoms with Gasteiger partial charge in [-0.1, -0.05) is 0 Å². The van der Waals surface area contributed by atoms with E-state index in [0.717, 1.165) is 20.3 Å². The summed E-state index contributed by atoms with van der Waals surface area (Å²) in [5.74, 6) is -3.97. The van der Waals surface area contributed by atoms with Gasteiger partial charge in [-0.05, 0) is 6.07 Å². The molecule has 0 spiro atoms. The zero-order valence-corrected chi connectivity index (χ0v) is 10.5. The van der Waals surface area contributed by atoms with E-state index in [1.807, 2.05) is 0 Å². The Morgan fingerprint density at radius 2 is 1.82 bits per heavy atom. The summed E-state index contributed by atoms with van der Waals surface area (Å²) in [6.45, 7) is 0. The molecule has 1 rings (SSSR count). The highest BCUT2D eigenvalue weighted by molar-refractivity contribution is 8.13. The van der Waals surface area contributed by atoms with Crippen LogP contribution in [0.4, 0.5) is 8.78 Å². The lowest BCUT2D eigenvalue weighted by molar-refractivity contribution is 0.331. The van der Waals surface area contributed by atoms with E-state index in [1.165, 1.54) is 0 Å². The van der Waals surface area contributed by atoms with E-state index in [1.54, 1.807) is 0 Å². The highest BCUT2D eigenvalue weighted by atomic mass is 35.7. The van der Waals surface area contributed by atoms with E-state index < -0.39 is 32.2 Å². The van der Waals surface area contributed by atoms with Gasteiger partial charge in [-0.15, -0.1) is 0 Å². The fraction of sp³-hybridized carbons (Fsp3) is 0.333. The maximum atomic E-state index is 13.6. The molecule has 0 aliphatic heterocycles. The molecule has 96 valence electrons. The van der Waals surface area contributed by atoms with Gasteiger partial charge in [-0.3, -0.25) is 0 Å². The van der Waals surface area contributed by atoms with Crippen molar-refractivity contribution in [2.45, 2.75) is 5.75 Å². The third-order valence-electron chi connectivity index (χ3n) is 1.95. The van der Waals surface area contributed by atoms with Crippen molar-refractivity contribution < 1.29 is 26.7 Å². The van der Waals surface area contributed by atoms with Crippen LogP contribution in [0.5, 0.6) is 11.5 Å². The first-order valence-electron chi connectivity index (χ1n) is 4.31. The number of hydrogen-bond acceptors (Lipinski definition) is 4. The van der Waals surface area contributed by atoms with E-state index in [4.69, 9.17) is 10.7 Å². The van der Waals surface area contributed by atoms with Gasteiger partial charge in [0, 0.05) is 16.2 Å². The van der Waals surface area contributed by atoms with Crippen LogP contribution in [0.25, 0.3) is 0 Å². The first kappa shape index (κ1) is 14.0. The van der Waals surface area contributed by atoms with E-state index in [2.05, 4.69) is 9.47 Å². The summed E-state index contributed by atoms with van der Waals surface area (Å²) in [6, 6.07) is 0.924. The molecule has 1 aromatic carbocycles. The van der Waals surface area contributed by atoms with E-state index >= 15 is 0 Å². The van der Waals surface area contributed by atoms with Crippen LogP contribution in [0.15, 0.2) is 6.07 Å². The first-order chi connectivity index (χ1) is 7.80. The average Bonchev–Trinajstić information content (AvgIpc) is 2.21. The summed E-state index contributed by atoms with van der Waals surface area (Å²) in [7, 11) is 3.25. The van der Waals surface area contributed by atoms with Gasteiger partial charge in [0.15, 0.2) is 17.3 Å². The number of benzene rings is 1. The van der Waals surface area contributed by atoms with Crippen LogP contribution in [0.1, 0.15) is 5.56 Å². The molecule has 0 saturated heterocycles. The second-order valence-corrected chi connectivity index (χ2v) is 5.86. The van der Waals surface area contributed by atoms with Gasteiger partial charge in [-0.25, -0.2) is 12.8 Å². The number of methoxy groups -OCH3 is 2. The van der Waals surface area contributed by atoms with Gasteiger partial charge in [0.2, 0.25) is 14.9 Å². The minimum Gasteiger partial charge on any atom is -0.494 e. The van der Waals surface area contributed by atoms with Crippen LogP contribution >= 0.6 is 10.7 Å². The molecule has 0 radical (unpaired) electrons. The second kappa shape index (κ2) is 5.05. The molecule has 0 fully saturated rings. The van der Waals surface area contributed by atoms with Crippen LogP contribution in [-0.4, -0.2) is 22.6 Å². The third kappa shape index (κ3) is 3.19. The molecule has 0 aliphatic rings. The number of rotatable bonds is 4. The largest absolute Gasteiger partial charge is 0.494 e. The van der Waals surface area contributed by atoms with Crippen molar-refractivity contribution in [2.24, 2.45) is 0 Å². The van der Waals surface area contributed by atoms with E-state index in [-0.39, 0.29) is 11.3 Å². The molecule has 0 bridgehead atoms. The summed E-state index contributed by atoms with van der Waals surface area (Å²) in [6.07, 6.45) is 0. The molecule has 0 unspecified atom stereocenters. The summed E-state index contributed by atoms with van der Waals surface area (Å²) < 4.78 is 58.0. The quantitative estimate of drug-likeness (QED) is 0.795. The van der Waals surface area contributed by atoms with Crippen molar-refractivity contribution in [1.82, 2.24) is 0 Å². The monoisotopic (exact) mass is 286 g/mol. The van der Waals surface area contributed by atoms with Crippen LogP contribution in [0.3, 0.4) is 0 Å². The van der Waals surface area contributed by atoms with Crippen molar-refractivity contribution in [2.75, 3.05) is 14.2 Å². The maximum absolute atomic E-state index is 13.6. The normalized spacial score (nSPS) is 11.4. The van der Waals surface area contributed by atoms with E-state index in [9.17, 15) is 17.2 Å². The fourth-order valence-corrected chi connectivity index (χ4v) is 2.19. The Morgan fingerprint density at radius 3 is 2.24 bits per heavy atom. The molecule has 0 aromatic heterocycles. The average molecular weight is 287 g/mol. The highest BCUT2D eigenvalue weighted by Crippen LogP contribution is 2.33. The Labute approximate surface area is 102 Å². The predicted octanol–water partition coefficient (Wildman–Crippen LogP) is 2.05. The van der Waals surface area contributed by atoms with Crippen LogP contribution < -0.4 is 9.47 Å².